The molecule has 2 bridgehead atoms. The quantitative estimate of drug-likeness (QED) is 0.699. The second-order valence-electron chi connectivity index (χ2n) is 5.49. The van der Waals surface area contributed by atoms with E-state index in [0.29, 0.717) is 6.54 Å². The van der Waals surface area contributed by atoms with Crippen LogP contribution >= 0.6 is 0 Å². The second kappa shape index (κ2) is 5.64. The van der Waals surface area contributed by atoms with E-state index in [1.54, 1.807) is 14.0 Å². The number of aliphatic carboxylic acids is 1. The monoisotopic (exact) mass is 280 g/mol. The lowest BCUT2D eigenvalue weighted by atomic mass is 9.82. The molecule has 4 atom stereocenters. The molecule has 0 spiro atoms. The lowest BCUT2D eigenvalue weighted by molar-refractivity contribution is -0.151. The highest BCUT2D eigenvalue weighted by Crippen LogP contribution is 2.48. The number of likely N-dealkylation sites (N-methyl/N-ethyl adjacent to an activating group) is 2. The fourth-order valence-electron chi connectivity index (χ4n) is 3.30. The van der Waals surface area contributed by atoms with Crippen LogP contribution in [0.2, 0.25) is 0 Å². The topological polar surface area (TPSA) is 86.7 Å². The molecule has 2 rings (SSSR count). The summed E-state index contributed by atoms with van der Waals surface area (Å²) in [7, 11) is 1.55. The average Bonchev–Trinajstić information content (AvgIpc) is 2.97. The maximum atomic E-state index is 12.4. The lowest BCUT2D eigenvalue weighted by Gasteiger charge is -2.28. The Morgan fingerprint density at radius 1 is 1.25 bits per heavy atom. The maximum absolute atomic E-state index is 12.4. The summed E-state index contributed by atoms with van der Waals surface area (Å²) in [5.74, 6) is -2.66. The van der Waals surface area contributed by atoms with Crippen molar-refractivity contribution >= 4 is 17.8 Å². The van der Waals surface area contributed by atoms with Gasteiger partial charge in [0, 0.05) is 13.6 Å². The largest absolute Gasteiger partial charge is 0.481 e. The third kappa shape index (κ3) is 2.55. The van der Waals surface area contributed by atoms with Crippen molar-refractivity contribution in [2.45, 2.75) is 13.3 Å². The van der Waals surface area contributed by atoms with Crippen molar-refractivity contribution in [1.82, 2.24) is 10.2 Å². The summed E-state index contributed by atoms with van der Waals surface area (Å²) in [4.78, 5) is 36.7. The number of carbonyl (C=O) groups is 3. The van der Waals surface area contributed by atoms with E-state index < -0.39 is 17.8 Å². The zero-order chi connectivity index (χ0) is 14.9. The summed E-state index contributed by atoms with van der Waals surface area (Å²) in [6.07, 6.45) is 4.56. The zero-order valence-corrected chi connectivity index (χ0v) is 11.7. The summed E-state index contributed by atoms with van der Waals surface area (Å²) < 4.78 is 0. The Hall–Kier alpha value is -1.85. The number of hydrogen-bond acceptors (Lipinski definition) is 3. The van der Waals surface area contributed by atoms with E-state index >= 15 is 0 Å². The van der Waals surface area contributed by atoms with Crippen molar-refractivity contribution in [2.24, 2.45) is 23.7 Å². The number of carboxylic acid groups (broad SMARTS) is 1. The lowest BCUT2D eigenvalue weighted by Crippen LogP contribution is -2.45. The predicted molar refractivity (Wildman–Crippen MR) is 71.7 cm³/mol. The SMILES string of the molecule is CCNC(=O)CN(C)C(=O)C1C2C=CC(C2)C1C(=O)O. The van der Waals surface area contributed by atoms with E-state index in [9.17, 15) is 19.5 Å². The van der Waals surface area contributed by atoms with Gasteiger partial charge >= 0.3 is 5.97 Å². The molecule has 0 aromatic carbocycles. The molecule has 0 aliphatic heterocycles. The van der Waals surface area contributed by atoms with Crippen LogP contribution in [0.3, 0.4) is 0 Å². The molecule has 4 unspecified atom stereocenters. The van der Waals surface area contributed by atoms with Gasteiger partial charge in [0.05, 0.1) is 18.4 Å². The van der Waals surface area contributed by atoms with Crippen molar-refractivity contribution in [1.29, 1.82) is 0 Å². The van der Waals surface area contributed by atoms with E-state index in [0.717, 1.165) is 6.42 Å². The maximum Gasteiger partial charge on any atom is 0.307 e. The summed E-state index contributed by atoms with van der Waals surface area (Å²) in [5, 5.41) is 11.9. The highest BCUT2D eigenvalue weighted by molar-refractivity contribution is 5.89. The molecule has 20 heavy (non-hydrogen) atoms. The van der Waals surface area contributed by atoms with Crippen LogP contribution < -0.4 is 5.32 Å². The molecule has 2 aliphatic carbocycles. The first-order valence-electron chi connectivity index (χ1n) is 6.88. The van der Waals surface area contributed by atoms with Crippen LogP contribution in [0.25, 0.3) is 0 Å². The summed E-state index contributed by atoms with van der Waals surface area (Å²) >= 11 is 0. The van der Waals surface area contributed by atoms with Gasteiger partial charge in [0.1, 0.15) is 0 Å². The predicted octanol–water partition coefficient (Wildman–Crippen LogP) is 0.104. The van der Waals surface area contributed by atoms with Crippen LogP contribution in [0, 0.1) is 23.7 Å². The number of nitrogens with zero attached hydrogens (tertiary/aromatic N) is 1. The van der Waals surface area contributed by atoms with E-state index in [-0.39, 0.29) is 30.2 Å². The standard InChI is InChI=1S/C14H20N2O4/c1-3-15-10(17)7-16(2)13(18)11-8-4-5-9(6-8)12(11)14(19)20/h4-5,8-9,11-12H,3,6-7H2,1-2H3,(H,15,17)(H,19,20). The van der Waals surface area contributed by atoms with Gasteiger partial charge in [-0.05, 0) is 25.2 Å². The molecule has 2 amide bonds. The van der Waals surface area contributed by atoms with Gasteiger partial charge in [-0.25, -0.2) is 0 Å². The number of carboxylic acids is 1. The van der Waals surface area contributed by atoms with Gasteiger partial charge in [0.15, 0.2) is 0 Å². The minimum atomic E-state index is -0.924. The van der Waals surface area contributed by atoms with Crippen molar-refractivity contribution in [3.63, 3.8) is 0 Å². The highest BCUT2D eigenvalue weighted by atomic mass is 16.4. The van der Waals surface area contributed by atoms with Crippen LogP contribution in [0.1, 0.15) is 13.3 Å². The van der Waals surface area contributed by atoms with Gasteiger partial charge in [0.25, 0.3) is 0 Å². The van der Waals surface area contributed by atoms with Crippen molar-refractivity contribution < 1.29 is 19.5 Å². The molecule has 1 fully saturated rings. The second-order valence-corrected chi connectivity index (χ2v) is 5.49. The number of allylic oxidation sites excluding steroid dienone is 2. The fourth-order valence-corrected chi connectivity index (χ4v) is 3.30. The van der Waals surface area contributed by atoms with Gasteiger partial charge in [0.2, 0.25) is 11.8 Å². The van der Waals surface area contributed by atoms with Gasteiger partial charge in [-0.3, -0.25) is 14.4 Å². The van der Waals surface area contributed by atoms with Crippen molar-refractivity contribution in [3.8, 4) is 0 Å². The van der Waals surface area contributed by atoms with E-state index in [1.807, 2.05) is 12.2 Å². The molecule has 0 aromatic heterocycles. The van der Waals surface area contributed by atoms with Gasteiger partial charge in [-0.1, -0.05) is 12.2 Å². The van der Waals surface area contributed by atoms with Crippen molar-refractivity contribution in [2.75, 3.05) is 20.1 Å². The fraction of sp³-hybridized carbons (Fsp3) is 0.643. The van der Waals surface area contributed by atoms with E-state index in [1.165, 1.54) is 4.90 Å². The number of nitrogens with one attached hydrogen (secondary N) is 1. The Bertz CT molecular complexity index is 460. The van der Waals surface area contributed by atoms with E-state index in [4.69, 9.17) is 0 Å². The van der Waals surface area contributed by atoms with Gasteiger partial charge < -0.3 is 15.3 Å². The molecular formula is C14H20N2O4. The van der Waals surface area contributed by atoms with Crippen LogP contribution in [-0.4, -0.2) is 47.9 Å². The van der Waals surface area contributed by atoms with Crippen LogP contribution in [0.4, 0.5) is 0 Å². The molecule has 2 aliphatic rings. The Kier molecular flexibility index (Phi) is 4.11. The van der Waals surface area contributed by atoms with Crippen LogP contribution in [0.5, 0.6) is 0 Å². The molecule has 0 aromatic rings. The number of hydrogen-bond donors (Lipinski definition) is 2. The summed E-state index contributed by atoms with van der Waals surface area (Å²) in [5.41, 5.74) is 0. The first kappa shape index (κ1) is 14.6. The third-order valence-electron chi connectivity index (χ3n) is 4.16. The molecule has 1 saturated carbocycles. The Balaban J connectivity index is 2.06. The number of rotatable bonds is 5. The Labute approximate surface area is 117 Å². The summed E-state index contributed by atoms with van der Waals surface area (Å²) in [6, 6.07) is 0. The number of fused-ring (bicyclic) bond motifs is 2. The molecule has 110 valence electrons. The van der Waals surface area contributed by atoms with Gasteiger partial charge in [-0.15, -0.1) is 0 Å². The van der Waals surface area contributed by atoms with Crippen LogP contribution in [0.15, 0.2) is 12.2 Å². The molecule has 0 saturated heterocycles. The molecule has 0 radical (unpaired) electrons. The minimum Gasteiger partial charge on any atom is -0.481 e. The third-order valence-corrected chi connectivity index (χ3v) is 4.16. The Morgan fingerprint density at radius 3 is 2.40 bits per heavy atom. The molecular weight excluding hydrogens is 260 g/mol. The van der Waals surface area contributed by atoms with Crippen LogP contribution in [-0.2, 0) is 14.4 Å². The summed E-state index contributed by atoms with van der Waals surface area (Å²) in [6.45, 7) is 2.28. The van der Waals surface area contributed by atoms with Gasteiger partial charge in [-0.2, -0.15) is 0 Å². The number of carbonyl (C=O) groups excluding carboxylic acids is 2. The highest BCUT2D eigenvalue weighted by Gasteiger charge is 2.52. The Morgan fingerprint density at radius 2 is 1.85 bits per heavy atom. The molecule has 6 nitrogen and oxygen atoms in total. The normalized spacial score (nSPS) is 30.3. The zero-order valence-electron chi connectivity index (χ0n) is 11.7. The first-order chi connectivity index (χ1) is 9.45. The smallest absolute Gasteiger partial charge is 0.307 e. The minimum absolute atomic E-state index is 0.00899. The first-order valence-corrected chi connectivity index (χ1v) is 6.88. The van der Waals surface area contributed by atoms with E-state index in [2.05, 4.69) is 5.32 Å². The molecule has 6 heteroatoms. The van der Waals surface area contributed by atoms with Crippen molar-refractivity contribution in [3.05, 3.63) is 12.2 Å². The number of amides is 2. The molecule has 2 N–H and O–H groups in total. The molecule has 0 heterocycles. The average molecular weight is 280 g/mol.